The Kier molecular flexibility index (Phi) is 4.62. The van der Waals surface area contributed by atoms with Gasteiger partial charge in [0.2, 0.25) is 0 Å². The van der Waals surface area contributed by atoms with Gasteiger partial charge < -0.3 is 4.74 Å². The van der Waals surface area contributed by atoms with Crippen molar-refractivity contribution in [3.8, 4) is 0 Å². The van der Waals surface area contributed by atoms with Crippen molar-refractivity contribution in [2.24, 2.45) is 5.84 Å². The van der Waals surface area contributed by atoms with Crippen LogP contribution in [-0.4, -0.2) is 6.61 Å². The fraction of sp³-hybridized carbons (Fsp3) is 0.333. The number of allylic oxidation sites excluding steroid dienone is 1. The second kappa shape index (κ2) is 6.00. The predicted octanol–water partition coefficient (Wildman–Crippen LogP) is 3.41. The maximum absolute atomic E-state index is 5.65. The van der Waals surface area contributed by atoms with Crippen LogP contribution in [0, 0.1) is 0 Å². The molecule has 92 valence electrons. The third kappa shape index (κ3) is 3.31. The Morgan fingerprint density at radius 3 is 2.47 bits per heavy atom. The van der Waals surface area contributed by atoms with Gasteiger partial charge in [-0.2, -0.15) is 0 Å². The van der Waals surface area contributed by atoms with E-state index in [1.54, 1.807) is 0 Å². The van der Waals surface area contributed by atoms with Crippen LogP contribution in [0.1, 0.15) is 24.4 Å². The fourth-order valence-corrected chi connectivity index (χ4v) is 3.19. The minimum atomic E-state index is -0.0934. The Morgan fingerprint density at radius 1 is 1.24 bits per heavy atom. The maximum atomic E-state index is 5.65. The summed E-state index contributed by atoms with van der Waals surface area (Å²) >= 11 is 6.95. The van der Waals surface area contributed by atoms with Crippen LogP contribution in [-0.2, 0) is 4.74 Å². The van der Waals surface area contributed by atoms with E-state index in [-0.39, 0.29) is 6.04 Å². The average Bonchev–Trinajstić information content (AvgIpc) is 2.30. The monoisotopic (exact) mass is 360 g/mol. The number of rotatable bonds is 3. The number of hydrazine groups is 1. The highest BCUT2D eigenvalue weighted by Gasteiger charge is 2.19. The number of benzene rings is 1. The summed E-state index contributed by atoms with van der Waals surface area (Å²) in [5, 5.41) is 0. The zero-order valence-corrected chi connectivity index (χ0v) is 12.4. The molecule has 1 aromatic carbocycles. The van der Waals surface area contributed by atoms with Crippen molar-refractivity contribution in [3.05, 3.63) is 44.5 Å². The second-order valence-electron chi connectivity index (χ2n) is 3.90. The van der Waals surface area contributed by atoms with Crippen molar-refractivity contribution in [2.45, 2.75) is 18.9 Å². The first kappa shape index (κ1) is 13.1. The zero-order chi connectivity index (χ0) is 12.3. The molecule has 0 bridgehead atoms. The number of halogens is 2. The predicted molar refractivity (Wildman–Crippen MR) is 75.2 cm³/mol. The highest BCUT2D eigenvalue weighted by Crippen LogP contribution is 2.29. The lowest BCUT2D eigenvalue weighted by Gasteiger charge is -2.23. The Morgan fingerprint density at radius 2 is 1.94 bits per heavy atom. The van der Waals surface area contributed by atoms with Crippen molar-refractivity contribution in [2.75, 3.05) is 6.61 Å². The minimum Gasteiger partial charge on any atom is -0.496 e. The molecule has 1 unspecified atom stereocenters. The Hall–Kier alpha value is -0.360. The first-order valence-corrected chi connectivity index (χ1v) is 7.04. The molecular weight excluding hydrogens is 348 g/mol. The molecule has 0 saturated heterocycles. The quantitative estimate of drug-likeness (QED) is 0.640. The standard InChI is InChI=1S/C12H14Br2N2O/c13-9-5-8(6-10(14)7-9)12(16-15)11-3-1-2-4-17-11/h3,5-7,12,16H,1-2,4,15H2. The highest BCUT2D eigenvalue weighted by molar-refractivity contribution is 9.11. The lowest BCUT2D eigenvalue weighted by atomic mass is 10.0. The number of hydrogen-bond acceptors (Lipinski definition) is 3. The van der Waals surface area contributed by atoms with Crippen molar-refractivity contribution in [1.82, 2.24) is 5.43 Å². The highest BCUT2D eigenvalue weighted by atomic mass is 79.9. The number of ether oxygens (including phenoxy) is 1. The molecule has 0 aliphatic carbocycles. The summed E-state index contributed by atoms with van der Waals surface area (Å²) in [6, 6.07) is 5.97. The summed E-state index contributed by atoms with van der Waals surface area (Å²) in [4.78, 5) is 0. The van der Waals surface area contributed by atoms with Gasteiger partial charge in [-0.25, -0.2) is 5.43 Å². The van der Waals surface area contributed by atoms with Crippen molar-refractivity contribution >= 4 is 31.9 Å². The first-order chi connectivity index (χ1) is 8.20. The van der Waals surface area contributed by atoms with E-state index in [1.807, 2.05) is 18.2 Å². The van der Waals surface area contributed by atoms with Gasteiger partial charge in [0.15, 0.2) is 0 Å². The molecule has 2 rings (SSSR count). The molecule has 0 amide bonds. The molecule has 1 aliphatic heterocycles. The van der Waals surface area contributed by atoms with Crippen LogP contribution in [0.15, 0.2) is 39.0 Å². The van der Waals surface area contributed by atoms with Crippen LogP contribution in [0.2, 0.25) is 0 Å². The third-order valence-electron chi connectivity index (χ3n) is 2.63. The smallest absolute Gasteiger partial charge is 0.115 e. The van der Waals surface area contributed by atoms with Gasteiger partial charge >= 0.3 is 0 Å². The Balaban J connectivity index is 2.31. The molecule has 0 radical (unpaired) electrons. The van der Waals surface area contributed by atoms with Gasteiger partial charge in [0, 0.05) is 8.95 Å². The molecule has 3 N–H and O–H groups in total. The number of nitrogens with one attached hydrogen (secondary N) is 1. The van der Waals surface area contributed by atoms with Crippen LogP contribution < -0.4 is 11.3 Å². The normalized spacial score (nSPS) is 17.2. The molecule has 1 heterocycles. The van der Waals surface area contributed by atoms with E-state index in [1.165, 1.54) is 0 Å². The van der Waals surface area contributed by atoms with Gasteiger partial charge in [-0.1, -0.05) is 31.9 Å². The third-order valence-corrected chi connectivity index (χ3v) is 3.55. The molecule has 0 spiro atoms. The van der Waals surface area contributed by atoms with Crippen LogP contribution in [0.4, 0.5) is 0 Å². The molecule has 0 aromatic heterocycles. The largest absolute Gasteiger partial charge is 0.496 e. The molecule has 0 saturated carbocycles. The average molecular weight is 362 g/mol. The van der Waals surface area contributed by atoms with E-state index in [9.17, 15) is 0 Å². The Labute approximate surface area is 118 Å². The lowest BCUT2D eigenvalue weighted by molar-refractivity contribution is 0.168. The van der Waals surface area contributed by atoms with Gasteiger partial charge in [-0.15, -0.1) is 0 Å². The molecule has 0 fully saturated rings. The molecule has 1 atom stereocenters. The van der Waals surface area contributed by atoms with E-state index >= 15 is 0 Å². The second-order valence-corrected chi connectivity index (χ2v) is 5.73. The van der Waals surface area contributed by atoms with Gasteiger partial charge in [-0.3, -0.25) is 5.84 Å². The number of hydrogen-bond donors (Lipinski definition) is 2. The van der Waals surface area contributed by atoms with Crippen LogP contribution >= 0.6 is 31.9 Å². The topological polar surface area (TPSA) is 47.3 Å². The zero-order valence-electron chi connectivity index (χ0n) is 9.25. The van der Waals surface area contributed by atoms with Gasteiger partial charge in [0.05, 0.1) is 6.61 Å². The van der Waals surface area contributed by atoms with Crippen molar-refractivity contribution < 1.29 is 4.74 Å². The van der Waals surface area contributed by atoms with Crippen molar-refractivity contribution in [3.63, 3.8) is 0 Å². The number of nitrogens with two attached hydrogens (primary N) is 1. The van der Waals surface area contributed by atoms with Gasteiger partial charge in [-0.05, 0) is 42.7 Å². The minimum absolute atomic E-state index is 0.0934. The lowest BCUT2D eigenvalue weighted by Crippen LogP contribution is -2.31. The van der Waals surface area contributed by atoms with E-state index in [4.69, 9.17) is 10.6 Å². The first-order valence-electron chi connectivity index (χ1n) is 5.45. The fourth-order valence-electron chi connectivity index (χ4n) is 1.86. The Bertz CT molecular complexity index is 414. The molecule has 17 heavy (non-hydrogen) atoms. The molecule has 3 nitrogen and oxygen atoms in total. The summed E-state index contributed by atoms with van der Waals surface area (Å²) in [5.74, 6) is 6.54. The van der Waals surface area contributed by atoms with Gasteiger partial charge in [0.25, 0.3) is 0 Å². The SMILES string of the molecule is NNC(C1=CCCCO1)c1cc(Br)cc(Br)c1. The summed E-state index contributed by atoms with van der Waals surface area (Å²) < 4.78 is 7.68. The van der Waals surface area contributed by atoms with Crippen molar-refractivity contribution in [1.29, 1.82) is 0 Å². The summed E-state index contributed by atoms with van der Waals surface area (Å²) in [7, 11) is 0. The van der Waals surface area contributed by atoms with Crippen LogP contribution in [0.3, 0.4) is 0 Å². The van der Waals surface area contributed by atoms with E-state index in [0.29, 0.717) is 0 Å². The summed E-state index contributed by atoms with van der Waals surface area (Å²) in [6.45, 7) is 0.763. The molecule has 1 aliphatic rings. The molecular formula is C12H14Br2N2O. The maximum Gasteiger partial charge on any atom is 0.115 e. The summed E-state index contributed by atoms with van der Waals surface area (Å²) in [6.07, 6.45) is 4.22. The van der Waals surface area contributed by atoms with E-state index in [2.05, 4.69) is 43.4 Å². The molecule has 1 aromatic rings. The summed E-state index contributed by atoms with van der Waals surface area (Å²) in [5.41, 5.74) is 3.88. The van der Waals surface area contributed by atoms with Gasteiger partial charge in [0.1, 0.15) is 11.8 Å². The molecule has 5 heteroatoms. The van der Waals surface area contributed by atoms with Crippen LogP contribution in [0.5, 0.6) is 0 Å². The van der Waals surface area contributed by atoms with E-state index in [0.717, 1.165) is 39.7 Å². The van der Waals surface area contributed by atoms with Crippen LogP contribution in [0.25, 0.3) is 0 Å². The van der Waals surface area contributed by atoms with E-state index < -0.39 is 0 Å².